The molecule has 1 N–H and O–H groups in total. The molecular formula is C19H25NO. The lowest BCUT2D eigenvalue weighted by atomic mass is 10.0. The van der Waals surface area contributed by atoms with Crippen LogP contribution in [0.5, 0.6) is 5.75 Å². The predicted octanol–water partition coefficient (Wildman–Crippen LogP) is 4.02. The van der Waals surface area contributed by atoms with Gasteiger partial charge in [-0.1, -0.05) is 49.4 Å². The third-order valence-electron chi connectivity index (χ3n) is 3.84. The molecule has 0 aromatic heterocycles. The minimum atomic E-state index is 0.463. The van der Waals surface area contributed by atoms with Crippen molar-refractivity contribution in [3.8, 4) is 5.75 Å². The van der Waals surface area contributed by atoms with Gasteiger partial charge in [0.05, 0.1) is 7.11 Å². The molecule has 0 spiro atoms. The molecule has 21 heavy (non-hydrogen) atoms. The van der Waals surface area contributed by atoms with Crippen molar-refractivity contribution >= 4 is 0 Å². The van der Waals surface area contributed by atoms with Crippen molar-refractivity contribution in [1.29, 1.82) is 0 Å². The third-order valence-corrected chi connectivity index (χ3v) is 3.84. The topological polar surface area (TPSA) is 21.3 Å². The number of methoxy groups -OCH3 is 1. The summed E-state index contributed by atoms with van der Waals surface area (Å²) >= 11 is 0. The van der Waals surface area contributed by atoms with Crippen molar-refractivity contribution < 1.29 is 4.74 Å². The summed E-state index contributed by atoms with van der Waals surface area (Å²) in [6.07, 6.45) is 1.03. The molecule has 0 aliphatic heterocycles. The van der Waals surface area contributed by atoms with E-state index in [0.29, 0.717) is 12.0 Å². The van der Waals surface area contributed by atoms with E-state index in [-0.39, 0.29) is 0 Å². The summed E-state index contributed by atoms with van der Waals surface area (Å²) in [6, 6.07) is 19.4. The Kier molecular flexibility index (Phi) is 5.82. The van der Waals surface area contributed by atoms with Crippen LogP contribution in [0.1, 0.15) is 30.9 Å². The van der Waals surface area contributed by atoms with Gasteiger partial charge in [0, 0.05) is 12.6 Å². The summed E-state index contributed by atoms with van der Waals surface area (Å²) in [5.74, 6) is 1.45. The van der Waals surface area contributed by atoms with Crippen LogP contribution in [0, 0.1) is 0 Å². The fraction of sp³-hybridized carbons (Fsp3) is 0.368. The Morgan fingerprint density at radius 3 is 2.24 bits per heavy atom. The molecule has 0 aliphatic rings. The van der Waals surface area contributed by atoms with E-state index >= 15 is 0 Å². The molecule has 2 aromatic rings. The number of hydrogen-bond acceptors (Lipinski definition) is 2. The second kappa shape index (κ2) is 7.84. The lowest BCUT2D eigenvalue weighted by Gasteiger charge is -2.18. The maximum Gasteiger partial charge on any atom is 0.118 e. The van der Waals surface area contributed by atoms with Crippen LogP contribution >= 0.6 is 0 Å². The van der Waals surface area contributed by atoms with Gasteiger partial charge in [-0.15, -0.1) is 0 Å². The van der Waals surface area contributed by atoms with E-state index in [1.807, 2.05) is 12.1 Å². The zero-order chi connectivity index (χ0) is 15.1. The second-order valence-electron chi connectivity index (χ2n) is 5.67. The zero-order valence-electron chi connectivity index (χ0n) is 13.2. The number of ether oxygens (including phenoxy) is 1. The van der Waals surface area contributed by atoms with E-state index in [4.69, 9.17) is 4.74 Å². The van der Waals surface area contributed by atoms with E-state index in [1.54, 1.807) is 7.11 Å². The number of hydrogen-bond donors (Lipinski definition) is 1. The van der Waals surface area contributed by atoms with Gasteiger partial charge >= 0.3 is 0 Å². The molecule has 0 heterocycles. The molecule has 0 aliphatic carbocycles. The van der Waals surface area contributed by atoms with E-state index < -0.39 is 0 Å². The zero-order valence-corrected chi connectivity index (χ0v) is 13.2. The van der Waals surface area contributed by atoms with Crippen molar-refractivity contribution in [2.75, 3.05) is 13.7 Å². The van der Waals surface area contributed by atoms with Crippen LogP contribution in [0.25, 0.3) is 0 Å². The Hall–Kier alpha value is -1.80. The van der Waals surface area contributed by atoms with Gasteiger partial charge in [0.15, 0.2) is 0 Å². The van der Waals surface area contributed by atoms with Crippen LogP contribution < -0.4 is 10.1 Å². The minimum absolute atomic E-state index is 0.463. The van der Waals surface area contributed by atoms with Gasteiger partial charge in [-0.2, -0.15) is 0 Å². The van der Waals surface area contributed by atoms with Gasteiger partial charge in [0.1, 0.15) is 5.75 Å². The fourth-order valence-electron chi connectivity index (χ4n) is 2.46. The SMILES string of the molecule is COc1ccc(C[C@H](C)NC[C@H](C)c2ccccc2)cc1. The van der Waals surface area contributed by atoms with Gasteiger partial charge in [-0.25, -0.2) is 0 Å². The van der Waals surface area contributed by atoms with Crippen molar-refractivity contribution in [3.63, 3.8) is 0 Å². The summed E-state index contributed by atoms with van der Waals surface area (Å²) in [6.45, 7) is 5.51. The van der Waals surface area contributed by atoms with Crippen molar-refractivity contribution in [1.82, 2.24) is 5.32 Å². The Morgan fingerprint density at radius 2 is 1.62 bits per heavy atom. The summed E-state index contributed by atoms with van der Waals surface area (Å²) in [5.41, 5.74) is 2.73. The molecular weight excluding hydrogens is 258 g/mol. The first-order valence-corrected chi connectivity index (χ1v) is 7.60. The predicted molar refractivity (Wildman–Crippen MR) is 89.0 cm³/mol. The van der Waals surface area contributed by atoms with E-state index in [9.17, 15) is 0 Å². The highest BCUT2D eigenvalue weighted by molar-refractivity contribution is 5.27. The van der Waals surface area contributed by atoms with Crippen LogP contribution in [-0.2, 0) is 6.42 Å². The molecule has 2 atom stereocenters. The highest BCUT2D eigenvalue weighted by atomic mass is 16.5. The van der Waals surface area contributed by atoms with Gasteiger partial charge in [0.25, 0.3) is 0 Å². The molecule has 0 fully saturated rings. The standard InChI is InChI=1S/C19H25NO/c1-15(18-7-5-4-6-8-18)14-20-16(2)13-17-9-11-19(21-3)12-10-17/h4-12,15-16,20H,13-14H2,1-3H3/t15-,16-/m0/s1. The molecule has 0 bridgehead atoms. The largest absolute Gasteiger partial charge is 0.497 e. The van der Waals surface area contributed by atoms with Crippen molar-refractivity contribution in [3.05, 3.63) is 65.7 Å². The molecule has 0 radical (unpaired) electrons. The van der Waals surface area contributed by atoms with E-state index in [1.165, 1.54) is 11.1 Å². The van der Waals surface area contributed by atoms with Gasteiger partial charge in [-0.3, -0.25) is 0 Å². The molecule has 2 rings (SSSR count). The quantitative estimate of drug-likeness (QED) is 0.828. The summed E-state index contributed by atoms with van der Waals surface area (Å²) < 4.78 is 5.19. The van der Waals surface area contributed by atoms with Crippen LogP contribution in [0.2, 0.25) is 0 Å². The highest BCUT2D eigenvalue weighted by Gasteiger charge is 2.08. The fourth-order valence-corrected chi connectivity index (χ4v) is 2.46. The molecule has 112 valence electrons. The molecule has 2 nitrogen and oxygen atoms in total. The van der Waals surface area contributed by atoms with Gasteiger partial charge in [-0.05, 0) is 42.5 Å². The Labute approximate surface area is 128 Å². The summed E-state index contributed by atoms with van der Waals surface area (Å²) in [5, 5.41) is 3.63. The lowest BCUT2D eigenvalue weighted by molar-refractivity contribution is 0.414. The minimum Gasteiger partial charge on any atom is -0.497 e. The van der Waals surface area contributed by atoms with Gasteiger partial charge < -0.3 is 10.1 Å². The molecule has 0 saturated heterocycles. The van der Waals surface area contributed by atoms with Crippen LogP contribution in [0.3, 0.4) is 0 Å². The second-order valence-corrected chi connectivity index (χ2v) is 5.67. The van der Waals surface area contributed by atoms with Crippen LogP contribution in [-0.4, -0.2) is 19.7 Å². The first-order valence-electron chi connectivity index (χ1n) is 7.60. The normalized spacial score (nSPS) is 13.7. The maximum atomic E-state index is 5.19. The molecule has 0 unspecified atom stereocenters. The first kappa shape index (κ1) is 15.6. The highest BCUT2D eigenvalue weighted by Crippen LogP contribution is 2.15. The first-order chi connectivity index (χ1) is 10.2. The average Bonchev–Trinajstić information content (AvgIpc) is 2.54. The smallest absolute Gasteiger partial charge is 0.118 e. The lowest BCUT2D eigenvalue weighted by Crippen LogP contribution is -2.31. The van der Waals surface area contributed by atoms with Crippen molar-refractivity contribution in [2.24, 2.45) is 0 Å². The molecule has 0 saturated carbocycles. The Balaban J connectivity index is 1.80. The van der Waals surface area contributed by atoms with Crippen LogP contribution in [0.15, 0.2) is 54.6 Å². The summed E-state index contributed by atoms with van der Waals surface area (Å²) in [4.78, 5) is 0. The van der Waals surface area contributed by atoms with E-state index in [2.05, 4.69) is 61.6 Å². The number of benzene rings is 2. The molecule has 2 aromatic carbocycles. The Morgan fingerprint density at radius 1 is 0.952 bits per heavy atom. The monoisotopic (exact) mass is 283 g/mol. The Bertz CT molecular complexity index is 521. The summed E-state index contributed by atoms with van der Waals surface area (Å²) in [7, 11) is 1.70. The maximum absolute atomic E-state index is 5.19. The van der Waals surface area contributed by atoms with Crippen LogP contribution in [0.4, 0.5) is 0 Å². The number of nitrogens with one attached hydrogen (secondary N) is 1. The van der Waals surface area contributed by atoms with Gasteiger partial charge in [0.2, 0.25) is 0 Å². The third kappa shape index (κ3) is 4.91. The number of rotatable bonds is 7. The van der Waals surface area contributed by atoms with Crippen molar-refractivity contribution in [2.45, 2.75) is 32.2 Å². The molecule has 2 heteroatoms. The molecule has 0 amide bonds. The average molecular weight is 283 g/mol. The van der Waals surface area contributed by atoms with E-state index in [0.717, 1.165) is 18.7 Å².